The molecule has 8 nitrogen and oxygen atoms in total. The Morgan fingerprint density at radius 2 is 1.82 bits per heavy atom. The molecule has 1 heterocycles. The van der Waals surface area contributed by atoms with Crippen LogP contribution in [0, 0.1) is 10.1 Å². The molecule has 0 fully saturated rings. The van der Waals surface area contributed by atoms with Crippen molar-refractivity contribution in [3.8, 4) is 17.2 Å². The van der Waals surface area contributed by atoms with Gasteiger partial charge in [0.2, 0.25) is 11.2 Å². The van der Waals surface area contributed by atoms with E-state index in [1.807, 2.05) is 19.1 Å². The molecule has 0 bridgehead atoms. The number of fused-ring (bicyclic) bond motifs is 1. The number of esters is 1. The molecule has 0 unspecified atom stereocenters. The zero-order valence-electron chi connectivity index (χ0n) is 18.1. The number of hydrogen-bond donors (Lipinski definition) is 0. The van der Waals surface area contributed by atoms with Crippen LogP contribution in [0.15, 0.2) is 88.3 Å². The van der Waals surface area contributed by atoms with E-state index < -0.39 is 10.9 Å². The number of non-ortho nitro benzene ring substituents is 1. The zero-order chi connectivity index (χ0) is 24.1. The van der Waals surface area contributed by atoms with Crippen LogP contribution in [0.2, 0.25) is 0 Å². The maximum absolute atomic E-state index is 12.8. The van der Waals surface area contributed by atoms with Gasteiger partial charge in [-0.2, -0.15) is 0 Å². The van der Waals surface area contributed by atoms with Crippen molar-refractivity contribution in [1.82, 2.24) is 0 Å². The minimum Gasteiger partial charge on any atom is -0.460 e. The Kier molecular flexibility index (Phi) is 6.49. The highest BCUT2D eigenvalue weighted by Crippen LogP contribution is 2.24. The highest BCUT2D eigenvalue weighted by atomic mass is 16.6. The topological polar surface area (TPSA) is 109 Å². The number of carbonyl (C=O) groups is 1. The van der Waals surface area contributed by atoms with Crippen LogP contribution >= 0.6 is 0 Å². The summed E-state index contributed by atoms with van der Waals surface area (Å²) >= 11 is 0. The summed E-state index contributed by atoms with van der Waals surface area (Å²) < 4.78 is 16.5. The number of rotatable bonds is 7. The number of hydrogen-bond acceptors (Lipinski definition) is 7. The molecule has 0 aliphatic heterocycles. The Bertz CT molecular complexity index is 1450. The van der Waals surface area contributed by atoms with Gasteiger partial charge in [-0.05, 0) is 47.9 Å². The van der Waals surface area contributed by atoms with Crippen LogP contribution in [0.4, 0.5) is 5.69 Å². The van der Waals surface area contributed by atoms with Crippen molar-refractivity contribution in [1.29, 1.82) is 0 Å². The van der Waals surface area contributed by atoms with E-state index in [0.717, 1.165) is 18.1 Å². The Labute approximate surface area is 193 Å². The molecule has 1 aromatic heterocycles. The first-order valence-corrected chi connectivity index (χ1v) is 10.4. The van der Waals surface area contributed by atoms with Gasteiger partial charge in [0.15, 0.2) is 0 Å². The van der Waals surface area contributed by atoms with Gasteiger partial charge in [0.25, 0.3) is 5.69 Å². The summed E-state index contributed by atoms with van der Waals surface area (Å²) in [5.41, 5.74) is 1.42. The fourth-order valence-electron chi connectivity index (χ4n) is 3.20. The van der Waals surface area contributed by atoms with Crippen molar-refractivity contribution < 1.29 is 23.6 Å². The van der Waals surface area contributed by atoms with Crippen LogP contribution in [0.3, 0.4) is 0 Å². The highest BCUT2D eigenvalue weighted by Gasteiger charge is 2.12. The molecular formula is C26H19NO7. The van der Waals surface area contributed by atoms with E-state index in [4.69, 9.17) is 13.9 Å². The van der Waals surface area contributed by atoms with E-state index in [-0.39, 0.29) is 33.6 Å². The van der Waals surface area contributed by atoms with E-state index in [1.54, 1.807) is 18.2 Å². The normalized spacial score (nSPS) is 11.0. The number of benzene rings is 3. The second kappa shape index (κ2) is 9.83. The molecule has 4 aromatic rings. The standard InChI is InChI=1S/C26H19NO7/c1-2-17-6-9-20(10-7-17)33-24-16-32-23-15-21(11-12-22(23)26(24)29)34-25(28)13-8-18-4-3-5-19(14-18)27(30)31/h3-16H,2H2,1H3/b13-8+. The van der Waals surface area contributed by atoms with Gasteiger partial charge in [-0.3, -0.25) is 14.9 Å². The third-order valence-electron chi connectivity index (χ3n) is 4.99. The molecule has 0 saturated heterocycles. The molecule has 0 aliphatic rings. The first-order valence-electron chi connectivity index (χ1n) is 10.4. The first kappa shape index (κ1) is 22.5. The lowest BCUT2D eigenvalue weighted by Gasteiger charge is -2.07. The third kappa shape index (κ3) is 5.18. The molecule has 0 atom stereocenters. The average Bonchev–Trinajstić information content (AvgIpc) is 2.85. The van der Waals surface area contributed by atoms with Crippen molar-refractivity contribution in [2.24, 2.45) is 0 Å². The molecule has 0 radical (unpaired) electrons. The summed E-state index contributed by atoms with van der Waals surface area (Å²) in [5, 5.41) is 11.1. The minimum atomic E-state index is -0.691. The number of nitrogens with zero attached hydrogens (tertiary/aromatic N) is 1. The summed E-state index contributed by atoms with van der Waals surface area (Å²) in [5.74, 6) is 0.0446. The van der Waals surface area contributed by atoms with Gasteiger partial charge < -0.3 is 13.9 Å². The van der Waals surface area contributed by atoms with Crippen LogP contribution < -0.4 is 14.9 Å². The largest absolute Gasteiger partial charge is 0.460 e. The second-order valence-corrected chi connectivity index (χ2v) is 7.29. The molecule has 0 N–H and O–H groups in total. The second-order valence-electron chi connectivity index (χ2n) is 7.29. The summed E-state index contributed by atoms with van der Waals surface area (Å²) in [6.07, 6.45) is 4.68. The van der Waals surface area contributed by atoms with Crippen molar-refractivity contribution in [2.45, 2.75) is 13.3 Å². The lowest BCUT2D eigenvalue weighted by molar-refractivity contribution is -0.384. The molecule has 34 heavy (non-hydrogen) atoms. The average molecular weight is 457 g/mol. The van der Waals surface area contributed by atoms with Crippen molar-refractivity contribution >= 4 is 28.7 Å². The number of aryl methyl sites for hydroxylation is 1. The first-order chi connectivity index (χ1) is 16.4. The van der Waals surface area contributed by atoms with E-state index >= 15 is 0 Å². The van der Waals surface area contributed by atoms with Crippen LogP contribution in [0.25, 0.3) is 17.0 Å². The SMILES string of the molecule is CCc1ccc(Oc2coc3cc(OC(=O)/C=C/c4cccc([N+](=O)[O-])c4)ccc3c2=O)cc1. The van der Waals surface area contributed by atoms with Crippen LogP contribution in [-0.2, 0) is 11.2 Å². The summed E-state index contributed by atoms with van der Waals surface area (Å²) in [6.45, 7) is 2.05. The number of ether oxygens (including phenoxy) is 2. The monoisotopic (exact) mass is 457 g/mol. The molecule has 0 aliphatic carbocycles. The molecule has 0 amide bonds. The van der Waals surface area contributed by atoms with Crippen molar-refractivity contribution in [2.75, 3.05) is 0 Å². The van der Waals surface area contributed by atoms with Gasteiger partial charge in [-0.15, -0.1) is 0 Å². The molecule has 4 rings (SSSR count). The van der Waals surface area contributed by atoms with Gasteiger partial charge in [0.1, 0.15) is 23.3 Å². The van der Waals surface area contributed by atoms with Crippen LogP contribution in [0.1, 0.15) is 18.1 Å². The Morgan fingerprint density at radius 3 is 2.56 bits per heavy atom. The Hall–Kier alpha value is -4.72. The fourth-order valence-corrected chi connectivity index (χ4v) is 3.20. The van der Waals surface area contributed by atoms with Crippen molar-refractivity contribution in [3.63, 3.8) is 0 Å². The third-order valence-corrected chi connectivity index (χ3v) is 4.99. The van der Waals surface area contributed by atoms with Gasteiger partial charge in [-0.25, -0.2) is 4.79 Å². The number of nitro groups is 1. The maximum atomic E-state index is 12.8. The van der Waals surface area contributed by atoms with E-state index in [2.05, 4.69) is 0 Å². The lowest BCUT2D eigenvalue weighted by atomic mass is 10.2. The van der Waals surface area contributed by atoms with Crippen LogP contribution in [-0.4, -0.2) is 10.9 Å². The summed E-state index contributed by atoms with van der Waals surface area (Å²) in [4.78, 5) is 35.3. The highest BCUT2D eigenvalue weighted by molar-refractivity contribution is 5.89. The molecule has 170 valence electrons. The molecule has 8 heteroatoms. The van der Waals surface area contributed by atoms with Crippen LogP contribution in [0.5, 0.6) is 17.2 Å². The molecule has 3 aromatic carbocycles. The smallest absolute Gasteiger partial charge is 0.336 e. The summed E-state index contributed by atoms with van der Waals surface area (Å²) in [7, 11) is 0. The lowest BCUT2D eigenvalue weighted by Crippen LogP contribution is -2.06. The van der Waals surface area contributed by atoms with E-state index in [1.165, 1.54) is 48.7 Å². The maximum Gasteiger partial charge on any atom is 0.336 e. The van der Waals surface area contributed by atoms with Gasteiger partial charge >= 0.3 is 5.97 Å². The predicted molar refractivity (Wildman–Crippen MR) is 126 cm³/mol. The van der Waals surface area contributed by atoms with Gasteiger partial charge in [0, 0.05) is 24.3 Å². The number of nitro benzene ring substituents is 1. The Morgan fingerprint density at radius 1 is 1.06 bits per heavy atom. The quantitative estimate of drug-likeness (QED) is 0.116. The predicted octanol–water partition coefficient (Wildman–Crippen LogP) is 5.67. The van der Waals surface area contributed by atoms with Gasteiger partial charge in [-0.1, -0.05) is 31.2 Å². The van der Waals surface area contributed by atoms with E-state index in [0.29, 0.717) is 11.3 Å². The van der Waals surface area contributed by atoms with Crippen molar-refractivity contribution in [3.05, 3.63) is 111 Å². The molecule has 0 spiro atoms. The minimum absolute atomic E-state index is 0.0429. The van der Waals surface area contributed by atoms with Gasteiger partial charge in [0.05, 0.1) is 10.3 Å². The molecule has 0 saturated carbocycles. The van der Waals surface area contributed by atoms with E-state index in [9.17, 15) is 19.7 Å². The zero-order valence-corrected chi connectivity index (χ0v) is 18.1. The fraction of sp³-hybridized carbons (Fsp3) is 0.0769. The molecular weight excluding hydrogens is 438 g/mol. The number of carbonyl (C=O) groups excluding carboxylic acids is 1. The summed E-state index contributed by atoms with van der Waals surface area (Å²) in [6, 6.07) is 17.6. The Balaban J connectivity index is 1.48.